The third-order valence-electron chi connectivity index (χ3n) is 3.18. The maximum atomic E-state index is 4.14. The summed E-state index contributed by atoms with van der Waals surface area (Å²) >= 11 is 1.67. The molecule has 0 saturated carbocycles. The minimum Gasteiger partial charge on any atom is -0.359 e. The van der Waals surface area contributed by atoms with Crippen molar-refractivity contribution in [2.45, 2.75) is 38.6 Å². The van der Waals surface area contributed by atoms with Gasteiger partial charge in [-0.1, -0.05) is 24.7 Å². The molecule has 1 aromatic rings. The van der Waals surface area contributed by atoms with E-state index in [0.717, 1.165) is 23.1 Å². The van der Waals surface area contributed by atoms with E-state index in [1.165, 1.54) is 25.8 Å². The minimum absolute atomic E-state index is 0.655. The molecule has 2 rings (SSSR count). The van der Waals surface area contributed by atoms with Gasteiger partial charge in [0.25, 0.3) is 0 Å². The van der Waals surface area contributed by atoms with Crippen molar-refractivity contribution in [3.05, 3.63) is 5.01 Å². The summed E-state index contributed by atoms with van der Waals surface area (Å²) in [6.45, 7) is 4.33. The lowest BCUT2D eigenvalue weighted by molar-refractivity contribution is 0.194. The van der Waals surface area contributed by atoms with Crippen LogP contribution in [0.1, 0.15) is 31.2 Å². The Kier molecular flexibility index (Phi) is 4.12. The molecule has 1 N–H and O–H groups in total. The number of nitrogens with zero attached hydrogens (tertiary/aromatic N) is 3. The van der Waals surface area contributed by atoms with Crippen LogP contribution in [-0.2, 0) is 6.42 Å². The Bertz CT molecular complexity index is 326. The van der Waals surface area contributed by atoms with Crippen LogP contribution in [0.5, 0.6) is 0 Å². The molecular weight excluding hydrogens is 220 g/mol. The number of likely N-dealkylation sites (N-methyl/N-ethyl adjacent to an activating group) is 1. The van der Waals surface area contributed by atoms with Gasteiger partial charge in [0.15, 0.2) is 0 Å². The van der Waals surface area contributed by atoms with Crippen LogP contribution in [-0.4, -0.2) is 41.3 Å². The van der Waals surface area contributed by atoms with Crippen molar-refractivity contribution >= 4 is 16.5 Å². The molecule has 0 spiro atoms. The number of piperidine rings is 1. The summed E-state index contributed by atoms with van der Waals surface area (Å²) < 4.78 is 0. The van der Waals surface area contributed by atoms with Gasteiger partial charge in [-0.15, -0.1) is 10.2 Å². The Labute approximate surface area is 101 Å². The maximum absolute atomic E-state index is 4.14. The number of aryl methyl sites for hydroxylation is 1. The number of rotatable bonds is 4. The van der Waals surface area contributed by atoms with Crippen molar-refractivity contribution < 1.29 is 0 Å². The number of aromatic nitrogens is 2. The van der Waals surface area contributed by atoms with Gasteiger partial charge < -0.3 is 10.2 Å². The Morgan fingerprint density at radius 3 is 3.00 bits per heavy atom. The van der Waals surface area contributed by atoms with Gasteiger partial charge in [0.05, 0.1) is 0 Å². The molecule has 0 bridgehead atoms. The van der Waals surface area contributed by atoms with Gasteiger partial charge in [-0.05, 0) is 32.9 Å². The average Bonchev–Trinajstić information content (AvgIpc) is 2.76. The zero-order valence-corrected chi connectivity index (χ0v) is 10.9. The van der Waals surface area contributed by atoms with Crippen molar-refractivity contribution in [3.8, 4) is 0 Å². The Morgan fingerprint density at radius 1 is 1.44 bits per heavy atom. The van der Waals surface area contributed by atoms with Gasteiger partial charge >= 0.3 is 0 Å². The fraction of sp³-hybridized carbons (Fsp3) is 0.818. The van der Waals surface area contributed by atoms with Crippen LogP contribution in [0.4, 0.5) is 5.13 Å². The van der Waals surface area contributed by atoms with Crippen LogP contribution in [0.25, 0.3) is 0 Å². The number of nitrogens with one attached hydrogen (secondary N) is 1. The molecule has 2 heterocycles. The highest BCUT2D eigenvalue weighted by Gasteiger charge is 2.18. The topological polar surface area (TPSA) is 41.1 Å². The Balaban J connectivity index is 1.81. The first-order valence-electron chi connectivity index (χ1n) is 6.06. The lowest BCUT2D eigenvalue weighted by atomic mass is 10.0. The first kappa shape index (κ1) is 11.8. The second-order valence-corrected chi connectivity index (χ2v) is 5.43. The van der Waals surface area contributed by atoms with Gasteiger partial charge in [0, 0.05) is 12.6 Å². The Hall–Kier alpha value is -0.680. The van der Waals surface area contributed by atoms with E-state index in [1.54, 1.807) is 11.3 Å². The molecule has 16 heavy (non-hydrogen) atoms. The number of anilines is 1. The number of hydrogen-bond acceptors (Lipinski definition) is 5. The van der Waals surface area contributed by atoms with E-state index in [1.807, 2.05) is 0 Å². The predicted molar refractivity (Wildman–Crippen MR) is 68.0 cm³/mol. The summed E-state index contributed by atoms with van der Waals surface area (Å²) in [5.41, 5.74) is 0. The average molecular weight is 240 g/mol. The highest BCUT2D eigenvalue weighted by atomic mass is 32.1. The minimum atomic E-state index is 0.655. The SMILES string of the molecule is CCc1nnc(NCC2CCCCN2C)s1. The van der Waals surface area contributed by atoms with Crippen LogP contribution in [0, 0.1) is 0 Å². The quantitative estimate of drug-likeness (QED) is 0.874. The fourth-order valence-electron chi connectivity index (χ4n) is 2.08. The van der Waals surface area contributed by atoms with Gasteiger partial charge in [0.1, 0.15) is 5.01 Å². The fourth-order valence-corrected chi connectivity index (χ4v) is 2.76. The van der Waals surface area contributed by atoms with Crippen LogP contribution in [0.2, 0.25) is 0 Å². The molecule has 1 atom stereocenters. The highest BCUT2D eigenvalue weighted by molar-refractivity contribution is 7.15. The molecule has 1 fully saturated rings. The largest absolute Gasteiger partial charge is 0.359 e. The van der Waals surface area contributed by atoms with Crippen molar-refractivity contribution in [1.29, 1.82) is 0 Å². The van der Waals surface area contributed by atoms with E-state index in [0.29, 0.717) is 6.04 Å². The molecule has 1 unspecified atom stereocenters. The van der Waals surface area contributed by atoms with E-state index in [9.17, 15) is 0 Å². The van der Waals surface area contributed by atoms with Crippen LogP contribution < -0.4 is 5.32 Å². The number of hydrogen-bond donors (Lipinski definition) is 1. The van der Waals surface area contributed by atoms with E-state index in [-0.39, 0.29) is 0 Å². The van der Waals surface area contributed by atoms with Gasteiger partial charge in [-0.3, -0.25) is 0 Å². The normalized spacial score (nSPS) is 22.2. The van der Waals surface area contributed by atoms with Crippen molar-refractivity contribution in [3.63, 3.8) is 0 Å². The molecule has 5 heteroatoms. The molecule has 90 valence electrons. The molecule has 0 aliphatic carbocycles. The van der Waals surface area contributed by atoms with E-state index in [4.69, 9.17) is 0 Å². The summed E-state index contributed by atoms with van der Waals surface area (Å²) in [6, 6.07) is 0.655. The summed E-state index contributed by atoms with van der Waals surface area (Å²) in [7, 11) is 2.21. The second-order valence-electron chi connectivity index (χ2n) is 4.37. The summed E-state index contributed by atoms with van der Waals surface area (Å²) in [5.74, 6) is 0. The maximum Gasteiger partial charge on any atom is 0.205 e. The first-order chi connectivity index (χ1) is 7.79. The van der Waals surface area contributed by atoms with E-state index in [2.05, 4.69) is 34.4 Å². The molecule has 0 radical (unpaired) electrons. The van der Waals surface area contributed by atoms with Crippen LogP contribution in [0.15, 0.2) is 0 Å². The molecule has 1 aromatic heterocycles. The lowest BCUT2D eigenvalue weighted by Gasteiger charge is -2.32. The zero-order valence-electron chi connectivity index (χ0n) is 10.1. The highest BCUT2D eigenvalue weighted by Crippen LogP contribution is 2.18. The van der Waals surface area contributed by atoms with Gasteiger partial charge in [0.2, 0.25) is 5.13 Å². The summed E-state index contributed by atoms with van der Waals surface area (Å²) in [5, 5.41) is 13.7. The van der Waals surface area contributed by atoms with Crippen molar-refractivity contribution in [2.24, 2.45) is 0 Å². The standard InChI is InChI=1S/C11H20N4S/c1-3-10-13-14-11(16-10)12-8-9-6-4-5-7-15(9)2/h9H,3-8H2,1-2H3,(H,12,14). The second kappa shape index (κ2) is 5.59. The molecule has 1 aliphatic rings. The molecule has 0 aromatic carbocycles. The number of likely N-dealkylation sites (tertiary alicyclic amines) is 1. The Morgan fingerprint density at radius 2 is 2.31 bits per heavy atom. The molecular formula is C11H20N4S. The monoisotopic (exact) mass is 240 g/mol. The smallest absolute Gasteiger partial charge is 0.205 e. The molecule has 0 amide bonds. The van der Waals surface area contributed by atoms with Crippen molar-refractivity contribution in [2.75, 3.05) is 25.5 Å². The van der Waals surface area contributed by atoms with Gasteiger partial charge in [-0.25, -0.2) is 0 Å². The summed E-state index contributed by atoms with van der Waals surface area (Å²) in [6.07, 6.45) is 4.96. The van der Waals surface area contributed by atoms with E-state index >= 15 is 0 Å². The van der Waals surface area contributed by atoms with Crippen LogP contribution in [0.3, 0.4) is 0 Å². The summed E-state index contributed by atoms with van der Waals surface area (Å²) in [4.78, 5) is 2.44. The third kappa shape index (κ3) is 2.92. The zero-order chi connectivity index (χ0) is 11.4. The molecule has 1 saturated heterocycles. The lowest BCUT2D eigenvalue weighted by Crippen LogP contribution is -2.40. The van der Waals surface area contributed by atoms with E-state index < -0.39 is 0 Å². The predicted octanol–water partition coefficient (Wildman–Crippen LogP) is 2.00. The molecule has 1 aliphatic heterocycles. The van der Waals surface area contributed by atoms with Crippen LogP contribution >= 0.6 is 11.3 Å². The third-order valence-corrected chi connectivity index (χ3v) is 4.21. The van der Waals surface area contributed by atoms with Gasteiger partial charge in [-0.2, -0.15) is 0 Å². The molecule has 4 nitrogen and oxygen atoms in total. The first-order valence-corrected chi connectivity index (χ1v) is 6.87. The van der Waals surface area contributed by atoms with Crippen molar-refractivity contribution in [1.82, 2.24) is 15.1 Å².